The molecule has 0 spiro atoms. The molecule has 1 fully saturated rings. The van der Waals surface area contributed by atoms with E-state index in [1.54, 1.807) is 25.7 Å². The maximum Gasteiger partial charge on any atom is 0.410 e. The van der Waals surface area contributed by atoms with Crippen LogP contribution >= 0.6 is 0 Å². The molecule has 0 aromatic heterocycles. The number of nitrogens with zero attached hydrogens (tertiary/aromatic N) is 3. The molecule has 35 heavy (non-hydrogen) atoms. The second kappa shape index (κ2) is 10.3. The number of ether oxygens (including phenoxy) is 1. The molecular weight excluding hydrogens is 470 g/mol. The van der Waals surface area contributed by atoms with Gasteiger partial charge in [0.2, 0.25) is 10.0 Å². The second-order valence-corrected chi connectivity index (χ2v) is 12.1. The van der Waals surface area contributed by atoms with E-state index in [1.165, 1.54) is 28.6 Å². The highest BCUT2D eigenvalue weighted by Crippen LogP contribution is 2.35. The number of benzene rings is 2. The standard InChI is InChI=1S/C25H33N3O6S/c1-18(2)16-26(35(32,33)21-13-11-20(12-14-21)28(30)31)17-23-22(15-19-9-7-6-8-10-19)27(23)24(29)34-25(3,4)5/h6-14,18,22-23H,15-17H2,1-5H3/t22?,23-,27?/m1/s1. The minimum absolute atomic E-state index is 0.0205. The predicted molar refractivity (Wildman–Crippen MR) is 132 cm³/mol. The molecule has 1 aliphatic heterocycles. The molecule has 1 saturated heterocycles. The molecule has 10 heteroatoms. The zero-order valence-electron chi connectivity index (χ0n) is 20.7. The number of nitro groups is 1. The Kier molecular flexibility index (Phi) is 7.86. The second-order valence-electron chi connectivity index (χ2n) is 10.2. The first-order chi connectivity index (χ1) is 16.3. The van der Waals surface area contributed by atoms with Gasteiger partial charge >= 0.3 is 6.09 Å². The zero-order valence-corrected chi connectivity index (χ0v) is 21.6. The predicted octanol–water partition coefficient (Wildman–Crippen LogP) is 4.47. The van der Waals surface area contributed by atoms with Crippen LogP contribution in [-0.2, 0) is 21.2 Å². The highest BCUT2D eigenvalue weighted by Gasteiger charge is 2.53. The third-order valence-electron chi connectivity index (χ3n) is 5.61. The summed E-state index contributed by atoms with van der Waals surface area (Å²) in [6, 6.07) is 14.0. The van der Waals surface area contributed by atoms with Crippen LogP contribution < -0.4 is 0 Å². The molecule has 0 N–H and O–H groups in total. The molecule has 3 rings (SSSR count). The van der Waals surface area contributed by atoms with Gasteiger partial charge in [-0.25, -0.2) is 13.2 Å². The highest BCUT2D eigenvalue weighted by atomic mass is 32.2. The minimum Gasteiger partial charge on any atom is -0.444 e. The molecule has 0 radical (unpaired) electrons. The summed E-state index contributed by atoms with van der Waals surface area (Å²) in [4.78, 5) is 24.9. The van der Waals surface area contributed by atoms with Crippen molar-refractivity contribution in [2.45, 2.75) is 63.6 Å². The summed E-state index contributed by atoms with van der Waals surface area (Å²) in [5.41, 5.74) is 0.187. The molecule has 0 saturated carbocycles. The van der Waals surface area contributed by atoms with Crippen LogP contribution in [-0.4, -0.2) is 59.4 Å². The van der Waals surface area contributed by atoms with Gasteiger partial charge in [0.25, 0.3) is 5.69 Å². The molecule has 9 nitrogen and oxygen atoms in total. The van der Waals surface area contributed by atoms with E-state index >= 15 is 0 Å². The van der Waals surface area contributed by atoms with E-state index in [9.17, 15) is 23.3 Å². The number of amides is 1. The van der Waals surface area contributed by atoms with Crippen LogP contribution in [0.2, 0.25) is 0 Å². The van der Waals surface area contributed by atoms with E-state index in [0.29, 0.717) is 6.42 Å². The van der Waals surface area contributed by atoms with Gasteiger partial charge < -0.3 is 4.74 Å². The quantitative estimate of drug-likeness (QED) is 0.284. The molecule has 190 valence electrons. The number of nitro benzene ring substituents is 1. The lowest BCUT2D eigenvalue weighted by atomic mass is 10.1. The van der Waals surface area contributed by atoms with E-state index in [2.05, 4.69) is 0 Å². The molecule has 2 aromatic rings. The average Bonchev–Trinajstić information content (AvgIpc) is 3.44. The van der Waals surface area contributed by atoms with Crippen molar-refractivity contribution in [1.82, 2.24) is 9.21 Å². The molecule has 1 heterocycles. The van der Waals surface area contributed by atoms with E-state index in [-0.39, 0.29) is 41.7 Å². The van der Waals surface area contributed by atoms with Crippen LogP contribution in [0.15, 0.2) is 59.5 Å². The number of hydrogen-bond acceptors (Lipinski definition) is 6. The van der Waals surface area contributed by atoms with Crippen molar-refractivity contribution >= 4 is 21.8 Å². The number of carbonyl (C=O) groups is 1. The Balaban J connectivity index is 1.87. The first-order valence-corrected chi connectivity index (χ1v) is 13.0. The van der Waals surface area contributed by atoms with Gasteiger partial charge in [0.05, 0.1) is 21.9 Å². The summed E-state index contributed by atoms with van der Waals surface area (Å²) in [6.45, 7) is 9.56. The van der Waals surface area contributed by atoms with Crippen molar-refractivity contribution in [2.75, 3.05) is 13.1 Å². The maximum atomic E-state index is 13.5. The van der Waals surface area contributed by atoms with Crippen LogP contribution in [0.3, 0.4) is 0 Å². The van der Waals surface area contributed by atoms with E-state index < -0.39 is 26.6 Å². The monoisotopic (exact) mass is 503 g/mol. The van der Waals surface area contributed by atoms with Gasteiger partial charge in [0.1, 0.15) is 5.60 Å². The number of carbonyl (C=O) groups excluding carboxylic acids is 1. The topological polar surface area (TPSA) is 110 Å². The van der Waals surface area contributed by atoms with Gasteiger partial charge in [0.15, 0.2) is 0 Å². The number of rotatable bonds is 9. The van der Waals surface area contributed by atoms with Crippen LogP contribution in [0.5, 0.6) is 0 Å². The fraction of sp³-hybridized carbons (Fsp3) is 0.480. The Morgan fingerprint density at radius 2 is 1.69 bits per heavy atom. The largest absolute Gasteiger partial charge is 0.444 e. The minimum atomic E-state index is -3.94. The summed E-state index contributed by atoms with van der Waals surface area (Å²) in [6.07, 6.45) is 0.110. The van der Waals surface area contributed by atoms with Gasteiger partial charge in [-0.15, -0.1) is 0 Å². The van der Waals surface area contributed by atoms with Gasteiger partial charge in [-0.3, -0.25) is 15.0 Å². The fourth-order valence-corrected chi connectivity index (χ4v) is 5.62. The lowest BCUT2D eigenvalue weighted by Crippen LogP contribution is -2.38. The van der Waals surface area contributed by atoms with Gasteiger partial charge in [-0.1, -0.05) is 44.2 Å². The highest BCUT2D eigenvalue weighted by molar-refractivity contribution is 7.89. The van der Waals surface area contributed by atoms with E-state index in [1.807, 2.05) is 44.2 Å². The molecular formula is C25H33N3O6S. The normalized spacial score (nSPS) is 18.1. The first kappa shape index (κ1) is 26.6. The number of hydrogen-bond donors (Lipinski definition) is 0. The average molecular weight is 504 g/mol. The van der Waals surface area contributed by atoms with Crippen LogP contribution in [0.4, 0.5) is 10.5 Å². The van der Waals surface area contributed by atoms with Crippen molar-refractivity contribution in [3.05, 3.63) is 70.3 Å². The molecule has 0 bridgehead atoms. The number of sulfonamides is 1. The fourth-order valence-electron chi connectivity index (χ4n) is 4.00. The summed E-state index contributed by atoms with van der Waals surface area (Å²) < 4.78 is 34.0. The van der Waals surface area contributed by atoms with Crippen molar-refractivity contribution in [3.8, 4) is 0 Å². The van der Waals surface area contributed by atoms with Crippen molar-refractivity contribution in [1.29, 1.82) is 0 Å². The summed E-state index contributed by atoms with van der Waals surface area (Å²) in [5.74, 6) is 0.0316. The van der Waals surface area contributed by atoms with Gasteiger partial charge in [-0.05, 0) is 50.8 Å². The lowest BCUT2D eigenvalue weighted by Gasteiger charge is -2.24. The van der Waals surface area contributed by atoms with Crippen molar-refractivity contribution in [3.63, 3.8) is 0 Å². The Morgan fingerprint density at radius 3 is 2.20 bits per heavy atom. The maximum absolute atomic E-state index is 13.5. The van der Waals surface area contributed by atoms with Crippen LogP contribution in [0.1, 0.15) is 40.2 Å². The summed E-state index contributed by atoms with van der Waals surface area (Å²) in [5, 5.41) is 11.0. The number of non-ortho nitro benzene ring substituents is 1. The van der Waals surface area contributed by atoms with Crippen LogP contribution in [0.25, 0.3) is 0 Å². The Labute approximate surface area is 206 Å². The van der Waals surface area contributed by atoms with Crippen molar-refractivity contribution < 1.29 is 22.9 Å². The summed E-state index contributed by atoms with van der Waals surface area (Å²) in [7, 11) is -3.94. The molecule has 2 atom stereocenters. The Hall–Kier alpha value is -2.98. The smallest absolute Gasteiger partial charge is 0.410 e. The molecule has 1 aliphatic rings. The van der Waals surface area contributed by atoms with E-state index in [0.717, 1.165) is 5.56 Å². The van der Waals surface area contributed by atoms with Crippen molar-refractivity contribution in [2.24, 2.45) is 5.92 Å². The Bertz CT molecular complexity index is 1140. The zero-order chi connectivity index (χ0) is 26.0. The molecule has 0 aliphatic carbocycles. The van der Waals surface area contributed by atoms with Crippen LogP contribution in [0, 0.1) is 16.0 Å². The van der Waals surface area contributed by atoms with Gasteiger partial charge in [-0.2, -0.15) is 4.31 Å². The van der Waals surface area contributed by atoms with E-state index in [4.69, 9.17) is 4.74 Å². The van der Waals surface area contributed by atoms with Gasteiger partial charge in [0, 0.05) is 25.2 Å². The lowest BCUT2D eigenvalue weighted by molar-refractivity contribution is -0.384. The third kappa shape index (κ3) is 6.79. The first-order valence-electron chi connectivity index (χ1n) is 11.6. The molecule has 1 unspecified atom stereocenters. The molecule has 1 amide bonds. The summed E-state index contributed by atoms with van der Waals surface area (Å²) >= 11 is 0. The third-order valence-corrected chi connectivity index (χ3v) is 7.45. The molecule has 2 aromatic carbocycles. The Morgan fingerprint density at radius 1 is 1.09 bits per heavy atom. The SMILES string of the molecule is CC(C)CN(C[C@@H]1C(Cc2ccccc2)N1C(=O)OC(C)(C)C)S(=O)(=O)c1ccc([N+](=O)[O-])cc1.